The van der Waals surface area contributed by atoms with E-state index in [9.17, 15) is 4.79 Å². The molecule has 1 atom stereocenters. The van der Waals surface area contributed by atoms with Crippen LogP contribution in [0.2, 0.25) is 0 Å². The lowest BCUT2D eigenvalue weighted by Crippen LogP contribution is -2.32. The molecule has 0 spiro atoms. The maximum Gasteiger partial charge on any atom is 0.320 e. The standard InChI is InChI=1S/C9H11NO3.HI/c10-8(9(12)13)5-6-1-3-7(11)4-2-6;/h1-4,8,11H,5,10H2,(H,12,13);1H/t8-;/m0./s1. The molecule has 0 heterocycles. The molecule has 14 heavy (non-hydrogen) atoms. The number of aliphatic carboxylic acids is 1. The second kappa shape index (κ2) is 5.82. The Bertz CT molecular complexity index is 299. The molecule has 4 nitrogen and oxygen atoms in total. The average molecular weight is 309 g/mol. The third kappa shape index (κ3) is 3.93. The molecule has 0 aliphatic heterocycles. The molecule has 0 amide bonds. The lowest BCUT2D eigenvalue weighted by Gasteiger charge is -2.05. The van der Waals surface area contributed by atoms with Crippen LogP contribution in [-0.4, -0.2) is 22.2 Å². The number of carboxylic acids is 1. The number of carbonyl (C=O) groups is 1. The highest BCUT2D eigenvalue weighted by atomic mass is 127. The van der Waals surface area contributed by atoms with E-state index in [1.54, 1.807) is 12.1 Å². The molecule has 0 saturated heterocycles. The Morgan fingerprint density at radius 2 is 1.86 bits per heavy atom. The van der Waals surface area contributed by atoms with Crippen molar-refractivity contribution in [3.8, 4) is 5.75 Å². The van der Waals surface area contributed by atoms with E-state index >= 15 is 0 Å². The summed E-state index contributed by atoms with van der Waals surface area (Å²) < 4.78 is 0. The van der Waals surface area contributed by atoms with E-state index in [1.807, 2.05) is 0 Å². The third-order valence-corrected chi connectivity index (χ3v) is 1.71. The first-order valence-corrected chi connectivity index (χ1v) is 3.86. The summed E-state index contributed by atoms with van der Waals surface area (Å²) in [6.45, 7) is 0. The zero-order valence-electron chi connectivity index (χ0n) is 7.38. The molecule has 0 radical (unpaired) electrons. The van der Waals surface area contributed by atoms with Gasteiger partial charge in [-0.25, -0.2) is 0 Å². The third-order valence-electron chi connectivity index (χ3n) is 1.71. The monoisotopic (exact) mass is 309 g/mol. The summed E-state index contributed by atoms with van der Waals surface area (Å²) in [4.78, 5) is 10.4. The molecule has 0 aliphatic rings. The van der Waals surface area contributed by atoms with Crippen molar-refractivity contribution in [2.45, 2.75) is 12.5 Å². The zero-order chi connectivity index (χ0) is 9.84. The number of hydrogen-bond donors (Lipinski definition) is 3. The van der Waals surface area contributed by atoms with Crippen molar-refractivity contribution in [3.05, 3.63) is 29.8 Å². The molecule has 0 aromatic heterocycles. The van der Waals surface area contributed by atoms with Crippen LogP contribution in [0.5, 0.6) is 5.75 Å². The topological polar surface area (TPSA) is 83.5 Å². The van der Waals surface area contributed by atoms with E-state index in [4.69, 9.17) is 15.9 Å². The van der Waals surface area contributed by atoms with E-state index in [0.29, 0.717) is 0 Å². The summed E-state index contributed by atoms with van der Waals surface area (Å²) in [7, 11) is 0. The highest BCUT2D eigenvalue weighted by Crippen LogP contribution is 2.10. The Morgan fingerprint density at radius 3 is 2.29 bits per heavy atom. The summed E-state index contributed by atoms with van der Waals surface area (Å²) in [6, 6.07) is 5.42. The van der Waals surface area contributed by atoms with Crippen LogP contribution < -0.4 is 5.73 Å². The molecule has 0 fully saturated rings. The smallest absolute Gasteiger partial charge is 0.320 e. The van der Waals surface area contributed by atoms with E-state index < -0.39 is 12.0 Å². The van der Waals surface area contributed by atoms with Crippen LogP contribution in [0.25, 0.3) is 0 Å². The quantitative estimate of drug-likeness (QED) is 0.726. The van der Waals surface area contributed by atoms with Crippen molar-refractivity contribution in [1.82, 2.24) is 0 Å². The number of phenols is 1. The summed E-state index contributed by atoms with van der Waals surface area (Å²) in [5, 5.41) is 17.5. The van der Waals surface area contributed by atoms with E-state index in [1.165, 1.54) is 12.1 Å². The van der Waals surface area contributed by atoms with E-state index in [-0.39, 0.29) is 36.1 Å². The van der Waals surface area contributed by atoms with Gasteiger partial charge < -0.3 is 15.9 Å². The molecular formula is C9H12INO3. The van der Waals surface area contributed by atoms with Crippen LogP contribution in [0, 0.1) is 0 Å². The highest BCUT2D eigenvalue weighted by molar-refractivity contribution is 14.0. The van der Waals surface area contributed by atoms with E-state index in [2.05, 4.69) is 0 Å². The molecule has 0 unspecified atom stereocenters. The van der Waals surface area contributed by atoms with Crippen molar-refractivity contribution in [1.29, 1.82) is 0 Å². The van der Waals surface area contributed by atoms with Crippen LogP contribution in [0.4, 0.5) is 0 Å². The summed E-state index contributed by atoms with van der Waals surface area (Å²) in [6.07, 6.45) is 0.273. The Morgan fingerprint density at radius 1 is 1.36 bits per heavy atom. The Labute approximate surface area is 98.8 Å². The predicted molar refractivity (Wildman–Crippen MR) is 62.8 cm³/mol. The van der Waals surface area contributed by atoms with Crippen molar-refractivity contribution in [2.24, 2.45) is 5.73 Å². The molecule has 1 rings (SSSR count). The van der Waals surface area contributed by atoms with Gasteiger partial charge in [-0.05, 0) is 24.1 Å². The first-order valence-electron chi connectivity index (χ1n) is 3.86. The van der Waals surface area contributed by atoms with Gasteiger partial charge in [-0.15, -0.1) is 24.0 Å². The second-order valence-corrected chi connectivity index (χ2v) is 2.82. The number of carboxylic acid groups (broad SMARTS) is 1. The van der Waals surface area contributed by atoms with Crippen molar-refractivity contribution < 1.29 is 15.0 Å². The van der Waals surface area contributed by atoms with Crippen molar-refractivity contribution in [2.75, 3.05) is 0 Å². The Balaban J connectivity index is 0.00000169. The normalized spacial score (nSPS) is 11.5. The van der Waals surface area contributed by atoms with Gasteiger partial charge in [0.25, 0.3) is 0 Å². The number of aromatic hydroxyl groups is 1. The van der Waals surface area contributed by atoms with Gasteiger partial charge in [-0.1, -0.05) is 12.1 Å². The SMILES string of the molecule is I.N[C@@H](Cc1ccc(O)cc1)C(=O)O. The van der Waals surface area contributed by atoms with Crippen molar-refractivity contribution in [3.63, 3.8) is 0 Å². The summed E-state index contributed by atoms with van der Waals surface area (Å²) >= 11 is 0. The number of phenolic OH excluding ortho intramolecular Hbond substituents is 1. The molecular weight excluding hydrogens is 297 g/mol. The number of benzene rings is 1. The molecule has 78 valence electrons. The molecule has 5 heteroatoms. The van der Waals surface area contributed by atoms with Gasteiger partial charge in [0.15, 0.2) is 0 Å². The minimum absolute atomic E-state index is 0. The zero-order valence-corrected chi connectivity index (χ0v) is 9.71. The van der Waals surface area contributed by atoms with Crippen LogP contribution in [0.15, 0.2) is 24.3 Å². The van der Waals surface area contributed by atoms with Crippen molar-refractivity contribution >= 4 is 29.9 Å². The fourth-order valence-corrected chi connectivity index (χ4v) is 0.973. The van der Waals surface area contributed by atoms with Crippen LogP contribution in [-0.2, 0) is 11.2 Å². The number of nitrogens with two attached hydrogens (primary N) is 1. The second-order valence-electron chi connectivity index (χ2n) is 2.82. The van der Waals surface area contributed by atoms with Gasteiger partial charge in [-0.3, -0.25) is 4.79 Å². The molecule has 1 aromatic rings. The Hall–Kier alpha value is -0.820. The van der Waals surface area contributed by atoms with Gasteiger partial charge in [0.05, 0.1) is 0 Å². The first-order chi connectivity index (χ1) is 6.09. The average Bonchev–Trinajstić information content (AvgIpc) is 2.08. The fraction of sp³-hybridized carbons (Fsp3) is 0.222. The maximum absolute atomic E-state index is 10.4. The minimum Gasteiger partial charge on any atom is -0.508 e. The molecule has 0 bridgehead atoms. The number of halogens is 1. The molecule has 4 N–H and O–H groups in total. The van der Waals surface area contributed by atoms with Gasteiger partial charge >= 0.3 is 5.97 Å². The largest absolute Gasteiger partial charge is 0.508 e. The first kappa shape index (κ1) is 13.2. The summed E-state index contributed by atoms with van der Waals surface area (Å²) in [5.41, 5.74) is 6.12. The number of rotatable bonds is 3. The fourth-order valence-electron chi connectivity index (χ4n) is 0.973. The number of hydrogen-bond acceptors (Lipinski definition) is 3. The van der Waals surface area contributed by atoms with Crippen LogP contribution in [0.3, 0.4) is 0 Å². The minimum atomic E-state index is -1.02. The van der Waals surface area contributed by atoms with Gasteiger partial charge in [-0.2, -0.15) is 0 Å². The lowest BCUT2D eigenvalue weighted by atomic mass is 10.1. The molecule has 0 saturated carbocycles. The maximum atomic E-state index is 10.4. The van der Waals surface area contributed by atoms with Gasteiger partial charge in [0.2, 0.25) is 0 Å². The summed E-state index contributed by atoms with van der Waals surface area (Å²) in [5.74, 6) is -0.860. The van der Waals surface area contributed by atoms with E-state index in [0.717, 1.165) is 5.56 Å². The van der Waals surface area contributed by atoms with Crippen LogP contribution in [0.1, 0.15) is 5.56 Å². The highest BCUT2D eigenvalue weighted by Gasteiger charge is 2.11. The van der Waals surface area contributed by atoms with Crippen LogP contribution >= 0.6 is 24.0 Å². The lowest BCUT2D eigenvalue weighted by molar-refractivity contribution is -0.138. The van der Waals surface area contributed by atoms with Gasteiger partial charge in [0, 0.05) is 0 Å². The molecule has 0 aliphatic carbocycles. The predicted octanol–water partition coefficient (Wildman–Crippen LogP) is 0.965. The Kier molecular flexibility index (Phi) is 5.47. The molecule has 1 aromatic carbocycles. The van der Waals surface area contributed by atoms with Gasteiger partial charge in [0.1, 0.15) is 11.8 Å².